The molecule has 3 nitrogen and oxygen atoms in total. The molecule has 0 aromatic heterocycles. The first-order valence-electron chi connectivity index (χ1n) is 3.65. The van der Waals surface area contributed by atoms with Gasteiger partial charge in [-0.3, -0.25) is 0 Å². The summed E-state index contributed by atoms with van der Waals surface area (Å²) in [5.41, 5.74) is 5.38. The molecule has 66 valence electrons. The summed E-state index contributed by atoms with van der Waals surface area (Å²) < 4.78 is 0. The third kappa shape index (κ3) is 3.62. The van der Waals surface area contributed by atoms with Gasteiger partial charge >= 0.3 is 0 Å². The minimum Gasteiger partial charge on any atom is -0.362 e. The Labute approximate surface area is 78.6 Å². The van der Waals surface area contributed by atoms with Crippen LogP contribution in [-0.4, -0.2) is 36.6 Å². The second-order valence-electron chi connectivity index (χ2n) is 2.65. The van der Waals surface area contributed by atoms with Crippen molar-refractivity contribution in [3.05, 3.63) is 12.4 Å². The van der Waals surface area contributed by atoms with E-state index in [9.17, 15) is 0 Å². The monoisotopic (exact) mass is 221 g/mol. The first-order valence-corrected chi connectivity index (χ1v) is 3.65. The van der Waals surface area contributed by atoms with Crippen LogP contribution in [0.15, 0.2) is 12.4 Å². The van der Waals surface area contributed by atoms with E-state index in [0.717, 1.165) is 26.2 Å². The van der Waals surface area contributed by atoms with E-state index < -0.39 is 0 Å². The molecule has 1 heterocycles. The van der Waals surface area contributed by atoms with Gasteiger partial charge in [-0.25, -0.2) is 0 Å². The molecule has 0 atom stereocenters. The van der Waals surface area contributed by atoms with Gasteiger partial charge in [0.2, 0.25) is 0 Å². The van der Waals surface area contributed by atoms with Crippen LogP contribution < -0.4 is 5.73 Å². The second kappa shape index (κ2) is 5.43. The van der Waals surface area contributed by atoms with Gasteiger partial charge in [0.05, 0.1) is 6.67 Å². The SMILES string of the molecule is Br.CN1C=CN(CCCN)C1. The van der Waals surface area contributed by atoms with Gasteiger partial charge in [0.15, 0.2) is 0 Å². The predicted molar refractivity (Wildman–Crippen MR) is 52.5 cm³/mol. The maximum atomic E-state index is 5.38. The molecule has 0 aromatic rings. The molecule has 1 aliphatic heterocycles. The molecule has 0 radical (unpaired) electrons. The summed E-state index contributed by atoms with van der Waals surface area (Å²) in [6, 6.07) is 0. The molecule has 0 unspecified atom stereocenters. The molecule has 0 spiro atoms. The standard InChI is InChI=1S/C7H15N3.BrH/c1-9-5-6-10(7-9)4-2-3-8;/h5-6H,2-4,7-8H2,1H3;1H. The van der Waals surface area contributed by atoms with Crippen LogP contribution in [0.1, 0.15) is 6.42 Å². The van der Waals surface area contributed by atoms with Crippen molar-refractivity contribution in [1.82, 2.24) is 9.80 Å². The Morgan fingerprint density at radius 3 is 2.64 bits per heavy atom. The topological polar surface area (TPSA) is 32.5 Å². The van der Waals surface area contributed by atoms with Crippen LogP contribution in [0.4, 0.5) is 0 Å². The van der Waals surface area contributed by atoms with Crippen LogP contribution in [0.2, 0.25) is 0 Å². The first-order chi connectivity index (χ1) is 4.83. The van der Waals surface area contributed by atoms with Gasteiger partial charge in [0, 0.05) is 26.0 Å². The van der Waals surface area contributed by atoms with Gasteiger partial charge in [0.1, 0.15) is 0 Å². The van der Waals surface area contributed by atoms with Crippen molar-refractivity contribution in [2.24, 2.45) is 5.73 Å². The molecule has 11 heavy (non-hydrogen) atoms. The third-order valence-corrected chi connectivity index (χ3v) is 1.59. The summed E-state index contributed by atoms with van der Waals surface area (Å²) in [7, 11) is 2.07. The number of rotatable bonds is 3. The molecular formula is C7H16BrN3. The highest BCUT2D eigenvalue weighted by atomic mass is 79.9. The van der Waals surface area contributed by atoms with E-state index in [4.69, 9.17) is 5.73 Å². The lowest BCUT2D eigenvalue weighted by molar-refractivity contribution is 0.295. The summed E-state index contributed by atoms with van der Waals surface area (Å²) in [6.45, 7) is 2.88. The first kappa shape index (κ1) is 10.8. The molecular weight excluding hydrogens is 206 g/mol. The molecule has 0 fully saturated rings. The quantitative estimate of drug-likeness (QED) is 0.758. The van der Waals surface area contributed by atoms with Crippen molar-refractivity contribution >= 4 is 17.0 Å². The highest BCUT2D eigenvalue weighted by molar-refractivity contribution is 8.93. The van der Waals surface area contributed by atoms with E-state index in [2.05, 4.69) is 29.2 Å². The minimum absolute atomic E-state index is 0. The molecule has 1 aliphatic rings. The van der Waals surface area contributed by atoms with Crippen molar-refractivity contribution in [1.29, 1.82) is 0 Å². The van der Waals surface area contributed by atoms with E-state index in [0.29, 0.717) is 0 Å². The highest BCUT2D eigenvalue weighted by Crippen LogP contribution is 2.02. The van der Waals surface area contributed by atoms with Gasteiger partial charge in [-0.1, -0.05) is 0 Å². The van der Waals surface area contributed by atoms with E-state index in [1.807, 2.05) is 0 Å². The van der Waals surface area contributed by atoms with Gasteiger partial charge in [-0.05, 0) is 13.0 Å². The Morgan fingerprint density at radius 1 is 1.45 bits per heavy atom. The fourth-order valence-corrected chi connectivity index (χ4v) is 1.03. The predicted octanol–water partition coefficient (Wildman–Crippen LogP) is 0.589. The summed E-state index contributed by atoms with van der Waals surface area (Å²) >= 11 is 0. The van der Waals surface area contributed by atoms with Crippen LogP contribution >= 0.6 is 17.0 Å². The molecule has 0 amide bonds. The highest BCUT2D eigenvalue weighted by Gasteiger charge is 2.05. The molecule has 0 saturated heterocycles. The fraction of sp³-hybridized carbons (Fsp3) is 0.714. The van der Waals surface area contributed by atoms with Gasteiger partial charge in [-0.2, -0.15) is 0 Å². The molecule has 0 saturated carbocycles. The number of nitrogens with two attached hydrogens (primary N) is 1. The smallest absolute Gasteiger partial charge is 0.0890 e. The lowest BCUT2D eigenvalue weighted by atomic mass is 10.4. The lowest BCUT2D eigenvalue weighted by Crippen LogP contribution is -2.24. The summed E-state index contributed by atoms with van der Waals surface area (Å²) in [5, 5.41) is 0. The maximum absolute atomic E-state index is 5.38. The van der Waals surface area contributed by atoms with Crippen LogP contribution in [0.3, 0.4) is 0 Å². The van der Waals surface area contributed by atoms with Crippen molar-refractivity contribution < 1.29 is 0 Å². The van der Waals surface area contributed by atoms with E-state index in [-0.39, 0.29) is 17.0 Å². The Balaban J connectivity index is 0.000001000. The van der Waals surface area contributed by atoms with Crippen molar-refractivity contribution in [2.75, 3.05) is 26.8 Å². The Hall–Kier alpha value is -0.220. The molecule has 0 bridgehead atoms. The van der Waals surface area contributed by atoms with Crippen LogP contribution in [0.5, 0.6) is 0 Å². The van der Waals surface area contributed by atoms with Gasteiger partial charge in [-0.15, -0.1) is 17.0 Å². The molecule has 1 rings (SSSR count). The molecule has 4 heteroatoms. The maximum Gasteiger partial charge on any atom is 0.0890 e. The van der Waals surface area contributed by atoms with E-state index >= 15 is 0 Å². The average molecular weight is 222 g/mol. The number of halogens is 1. The lowest BCUT2D eigenvalue weighted by Gasteiger charge is -2.16. The van der Waals surface area contributed by atoms with Gasteiger partial charge < -0.3 is 15.5 Å². The Morgan fingerprint density at radius 2 is 2.18 bits per heavy atom. The zero-order chi connectivity index (χ0) is 7.40. The normalized spacial score (nSPS) is 15.5. The zero-order valence-electron chi connectivity index (χ0n) is 6.86. The number of hydrogen-bond acceptors (Lipinski definition) is 3. The molecule has 2 N–H and O–H groups in total. The average Bonchev–Trinajstić information content (AvgIpc) is 2.31. The summed E-state index contributed by atoms with van der Waals surface area (Å²) in [4.78, 5) is 4.41. The largest absolute Gasteiger partial charge is 0.362 e. The number of hydrogen-bond donors (Lipinski definition) is 1. The van der Waals surface area contributed by atoms with Crippen molar-refractivity contribution in [2.45, 2.75) is 6.42 Å². The summed E-state index contributed by atoms with van der Waals surface area (Å²) in [5.74, 6) is 0. The van der Waals surface area contributed by atoms with Crippen LogP contribution in [0.25, 0.3) is 0 Å². The Kier molecular flexibility index (Phi) is 5.32. The zero-order valence-corrected chi connectivity index (χ0v) is 8.58. The fourth-order valence-electron chi connectivity index (χ4n) is 1.03. The summed E-state index contributed by atoms with van der Waals surface area (Å²) in [6.07, 6.45) is 5.27. The van der Waals surface area contributed by atoms with Gasteiger partial charge in [0.25, 0.3) is 0 Å². The van der Waals surface area contributed by atoms with Crippen molar-refractivity contribution in [3.63, 3.8) is 0 Å². The Bertz CT molecular complexity index is 127. The van der Waals surface area contributed by atoms with Crippen LogP contribution in [0, 0.1) is 0 Å². The van der Waals surface area contributed by atoms with E-state index in [1.165, 1.54) is 0 Å². The van der Waals surface area contributed by atoms with Crippen LogP contribution in [-0.2, 0) is 0 Å². The molecule has 0 aliphatic carbocycles. The number of nitrogens with zero attached hydrogens (tertiary/aromatic N) is 2. The molecule has 0 aromatic carbocycles. The van der Waals surface area contributed by atoms with E-state index in [1.54, 1.807) is 0 Å². The third-order valence-electron chi connectivity index (χ3n) is 1.59. The second-order valence-corrected chi connectivity index (χ2v) is 2.65. The minimum atomic E-state index is 0. The van der Waals surface area contributed by atoms with Crippen molar-refractivity contribution in [3.8, 4) is 0 Å².